The van der Waals surface area contributed by atoms with Crippen LogP contribution in [0, 0.1) is 6.92 Å². The fraction of sp³-hybridized carbons (Fsp3) is 0.158. The predicted molar refractivity (Wildman–Crippen MR) is 101 cm³/mol. The van der Waals surface area contributed by atoms with Crippen LogP contribution in [-0.4, -0.2) is 20.1 Å². The average molecular weight is 371 g/mol. The number of aryl methyl sites for hydroxylation is 1. The van der Waals surface area contributed by atoms with Gasteiger partial charge < -0.3 is 9.30 Å². The number of sulfone groups is 1. The normalized spacial score (nSPS) is 12.2. The highest BCUT2D eigenvalue weighted by Crippen LogP contribution is 2.37. The lowest BCUT2D eigenvalue weighted by Crippen LogP contribution is -2.06. The lowest BCUT2D eigenvalue weighted by Gasteiger charge is -2.11. The molecule has 0 aliphatic carbocycles. The number of hydrogen-bond donors (Lipinski definition) is 0. The van der Waals surface area contributed by atoms with Crippen molar-refractivity contribution in [1.82, 2.24) is 4.57 Å². The summed E-state index contributed by atoms with van der Waals surface area (Å²) in [5.41, 5.74) is 1.72. The zero-order valence-electron chi connectivity index (χ0n) is 13.9. The first-order valence-corrected chi connectivity index (χ1v) is 10.2. The summed E-state index contributed by atoms with van der Waals surface area (Å²) in [6.07, 6.45) is 1.87. The van der Waals surface area contributed by atoms with Gasteiger partial charge in [0.25, 0.3) is 0 Å². The SMILES string of the molecule is COCn1ccc2c3ccsc3cc(S(=O)(=O)c3ccc(C)cc3)c21. The van der Waals surface area contributed by atoms with Crippen molar-refractivity contribution in [3.05, 3.63) is 59.6 Å². The van der Waals surface area contributed by atoms with Crippen LogP contribution < -0.4 is 0 Å². The van der Waals surface area contributed by atoms with Gasteiger partial charge in [-0.15, -0.1) is 11.3 Å². The Morgan fingerprint density at radius 2 is 1.84 bits per heavy atom. The van der Waals surface area contributed by atoms with Crippen molar-refractivity contribution < 1.29 is 13.2 Å². The maximum atomic E-state index is 13.3. The molecule has 2 aromatic carbocycles. The molecule has 0 spiro atoms. The van der Waals surface area contributed by atoms with E-state index in [1.165, 1.54) is 0 Å². The molecule has 2 aromatic heterocycles. The molecule has 4 rings (SSSR count). The van der Waals surface area contributed by atoms with Crippen molar-refractivity contribution >= 4 is 42.2 Å². The molecular weight excluding hydrogens is 354 g/mol. The van der Waals surface area contributed by atoms with E-state index < -0.39 is 9.84 Å². The lowest BCUT2D eigenvalue weighted by molar-refractivity contribution is 0.134. The number of hydrogen-bond acceptors (Lipinski definition) is 4. The smallest absolute Gasteiger partial charge is 0.208 e. The molecule has 0 aliphatic rings. The fourth-order valence-corrected chi connectivity index (χ4v) is 5.52. The lowest BCUT2D eigenvalue weighted by atomic mass is 10.2. The highest BCUT2D eigenvalue weighted by Gasteiger charge is 2.24. The number of nitrogens with zero attached hydrogens (tertiary/aromatic N) is 1. The maximum Gasteiger partial charge on any atom is 0.208 e. The highest BCUT2D eigenvalue weighted by atomic mass is 32.2. The number of methoxy groups -OCH3 is 1. The Kier molecular flexibility index (Phi) is 3.91. The van der Waals surface area contributed by atoms with Gasteiger partial charge in [0, 0.05) is 28.8 Å². The summed E-state index contributed by atoms with van der Waals surface area (Å²) in [6.45, 7) is 2.24. The van der Waals surface area contributed by atoms with E-state index in [0.29, 0.717) is 22.0 Å². The number of fused-ring (bicyclic) bond motifs is 3. The minimum Gasteiger partial charge on any atom is -0.364 e. The summed E-state index contributed by atoms with van der Waals surface area (Å²) < 4.78 is 34.7. The molecule has 25 heavy (non-hydrogen) atoms. The van der Waals surface area contributed by atoms with Gasteiger partial charge >= 0.3 is 0 Å². The van der Waals surface area contributed by atoms with Crippen molar-refractivity contribution in [2.75, 3.05) is 7.11 Å². The van der Waals surface area contributed by atoms with Crippen molar-refractivity contribution in [2.45, 2.75) is 23.4 Å². The maximum absolute atomic E-state index is 13.3. The molecule has 2 heterocycles. The van der Waals surface area contributed by atoms with Crippen molar-refractivity contribution in [3.8, 4) is 0 Å². The van der Waals surface area contributed by atoms with Crippen LogP contribution in [-0.2, 0) is 21.3 Å². The minimum absolute atomic E-state index is 0.301. The molecule has 0 radical (unpaired) electrons. The molecule has 0 fully saturated rings. The van der Waals surface area contributed by atoms with Gasteiger partial charge in [-0.1, -0.05) is 17.7 Å². The van der Waals surface area contributed by atoms with E-state index in [4.69, 9.17) is 4.74 Å². The van der Waals surface area contributed by atoms with E-state index in [9.17, 15) is 8.42 Å². The molecule has 0 aliphatic heterocycles. The van der Waals surface area contributed by atoms with Crippen LogP contribution in [0.2, 0.25) is 0 Å². The Morgan fingerprint density at radius 1 is 1.08 bits per heavy atom. The average Bonchev–Trinajstić information content (AvgIpc) is 3.21. The first-order chi connectivity index (χ1) is 12.0. The summed E-state index contributed by atoms with van der Waals surface area (Å²) in [6, 6.07) is 12.7. The second-order valence-electron chi connectivity index (χ2n) is 5.99. The first kappa shape index (κ1) is 16.3. The van der Waals surface area contributed by atoms with E-state index in [1.54, 1.807) is 36.6 Å². The Morgan fingerprint density at radius 3 is 2.56 bits per heavy atom. The Hall–Kier alpha value is -2.15. The molecule has 0 bridgehead atoms. The number of rotatable bonds is 4. The topological polar surface area (TPSA) is 48.3 Å². The van der Waals surface area contributed by atoms with Gasteiger partial charge in [0.15, 0.2) is 0 Å². The first-order valence-electron chi connectivity index (χ1n) is 7.82. The van der Waals surface area contributed by atoms with Crippen LogP contribution in [0.25, 0.3) is 21.0 Å². The van der Waals surface area contributed by atoms with Crippen LogP contribution >= 0.6 is 11.3 Å². The Bertz CT molecular complexity index is 1170. The number of thiophene rings is 1. The van der Waals surface area contributed by atoms with Gasteiger partial charge in [0.05, 0.1) is 15.3 Å². The van der Waals surface area contributed by atoms with E-state index in [1.807, 2.05) is 47.3 Å². The molecule has 4 nitrogen and oxygen atoms in total. The van der Waals surface area contributed by atoms with Crippen LogP contribution in [0.3, 0.4) is 0 Å². The van der Waals surface area contributed by atoms with Crippen molar-refractivity contribution in [1.29, 1.82) is 0 Å². The summed E-state index contributed by atoms with van der Waals surface area (Å²) in [5, 5.41) is 3.99. The molecular formula is C19H17NO3S2. The van der Waals surface area contributed by atoms with E-state index in [0.717, 1.165) is 21.0 Å². The Labute approximate surface area is 150 Å². The van der Waals surface area contributed by atoms with Crippen LogP contribution in [0.1, 0.15) is 5.56 Å². The van der Waals surface area contributed by atoms with Gasteiger partial charge in [-0.05, 0) is 42.6 Å². The molecule has 0 saturated carbocycles. The van der Waals surface area contributed by atoms with Gasteiger partial charge in [0.2, 0.25) is 9.84 Å². The van der Waals surface area contributed by atoms with Gasteiger partial charge in [-0.3, -0.25) is 0 Å². The molecule has 128 valence electrons. The second kappa shape index (κ2) is 5.98. The molecule has 0 N–H and O–H groups in total. The largest absolute Gasteiger partial charge is 0.364 e. The third-order valence-corrected chi connectivity index (χ3v) is 6.98. The third-order valence-electron chi connectivity index (χ3n) is 4.33. The predicted octanol–water partition coefficient (Wildman–Crippen LogP) is 4.60. The minimum atomic E-state index is -3.63. The molecule has 0 unspecified atom stereocenters. The zero-order valence-corrected chi connectivity index (χ0v) is 15.5. The van der Waals surface area contributed by atoms with E-state index >= 15 is 0 Å². The van der Waals surface area contributed by atoms with Gasteiger partial charge in [-0.25, -0.2) is 8.42 Å². The molecule has 4 aromatic rings. The van der Waals surface area contributed by atoms with E-state index in [2.05, 4.69) is 0 Å². The summed E-state index contributed by atoms with van der Waals surface area (Å²) in [7, 11) is -2.03. The zero-order chi connectivity index (χ0) is 17.6. The highest BCUT2D eigenvalue weighted by molar-refractivity contribution is 7.91. The number of aromatic nitrogens is 1. The monoisotopic (exact) mass is 371 g/mol. The van der Waals surface area contributed by atoms with Gasteiger partial charge in [0.1, 0.15) is 6.73 Å². The van der Waals surface area contributed by atoms with Crippen molar-refractivity contribution in [3.63, 3.8) is 0 Å². The molecule has 6 heteroatoms. The number of ether oxygens (including phenoxy) is 1. The summed E-state index contributed by atoms with van der Waals surface area (Å²) >= 11 is 1.55. The second-order valence-corrected chi connectivity index (χ2v) is 8.85. The fourth-order valence-electron chi connectivity index (χ4n) is 3.10. The quantitative estimate of drug-likeness (QED) is 0.527. The number of benzene rings is 2. The summed E-state index contributed by atoms with van der Waals surface area (Å²) in [4.78, 5) is 0.629. The van der Waals surface area contributed by atoms with Crippen LogP contribution in [0.15, 0.2) is 63.8 Å². The molecule has 0 amide bonds. The molecule has 0 atom stereocenters. The van der Waals surface area contributed by atoms with Crippen LogP contribution in [0.5, 0.6) is 0 Å². The summed E-state index contributed by atoms with van der Waals surface area (Å²) in [5.74, 6) is 0. The molecule has 0 saturated heterocycles. The van der Waals surface area contributed by atoms with Crippen molar-refractivity contribution in [2.24, 2.45) is 0 Å². The van der Waals surface area contributed by atoms with E-state index in [-0.39, 0.29) is 0 Å². The van der Waals surface area contributed by atoms with Crippen LogP contribution in [0.4, 0.5) is 0 Å². The van der Waals surface area contributed by atoms with Gasteiger partial charge in [-0.2, -0.15) is 0 Å². The third kappa shape index (κ3) is 2.57. The standard InChI is InChI=1S/C19H17NO3S2/c1-13-3-5-14(6-4-13)25(21,22)18-11-17-15(8-10-24-17)16-7-9-20(12-23-2)19(16)18/h3-11H,12H2,1-2H3. The Balaban J connectivity index is 2.07.